The number of nitrogens with one attached hydrogen (secondary N) is 1. The van der Waals surface area contributed by atoms with Gasteiger partial charge in [0.1, 0.15) is 0 Å². The van der Waals surface area contributed by atoms with Crippen molar-refractivity contribution in [3.8, 4) is 11.3 Å². The Balaban J connectivity index is 2.26. The van der Waals surface area contributed by atoms with Crippen LogP contribution in [0.2, 0.25) is 0 Å². The van der Waals surface area contributed by atoms with Crippen LogP contribution in [0.3, 0.4) is 0 Å². The van der Waals surface area contributed by atoms with Crippen LogP contribution in [0.1, 0.15) is 35.3 Å². The molecule has 0 saturated heterocycles. The standard InChI is InChI=1S/C21H22N2O/c1-13(2)22-21(24)19-15(4)20(16-11-9-14(3)10-12-16)23-18-8-6-5-7-17(18)19/h5-13H,1-4H3,(H,22,24). The fraction of sp³-hybridized carbons (Fsp3) is 0.238. The minimum atomic E-state index is -0.0468. The first kappa shape index (κ1) is 16.2. The second-order valence-electron chi connectivity index (χ2n) is 6.47. The summed E-state index contributed by atoms with van der Waals surface area (Å²) in [5.74, 6) is -0.0468. The van der Waals surface area contributed by atoms with Gasteiger partial charge in [0, 0.05) is 17.0 Å². The van der Waals surface area contributed by atoms with Gasteiger partial charge in [0.15, 0.2) is 0 Å². The molecular weight excluding hydrogens is 296 g/mol. The lowest BCUT2D eigenvalue weighted by atomic mass is 9.96. The fourth-order valence-electron chi connectivity index (χ4n) is 2.93. The molecule has 0 aliphatic rings. The largest absolute Gasteiger partial charge is 0.350 e. The van der Waals surface area contributed by atoms with E-state index in [2.05, 4.69) is 36.5 Å². The molecule has 0 aliphatic heterocycles. The summed E-state index contributed by atoms with van der Waals surface area (Å²) in [6, 6.07) is 16.2. The third-order valence-electron chi connectivity index (χ3n) is 4.11. The second-order valence-corrected chi connectivity index (χ2v) is 6.47. The number of benzene rings is 2. The van der Waals surface area contributed by atoms with Gasteiger partial charge in [-0.15, -0.1) is 0 Å². The Bertz CT molecular complexity index is 896. The molecule has 24 heavy (non-hydrogen) atoms. The van der Waals surface area contributed by atoms with E-state index in [4.69, 9.17) is 4.98 Å². The quantitative estimate of drug-likeness (QED) is 0.763. The molecular formula is C21H22N2O. The van der Waals surface area contributed by atoms with Gasteiger partial charge in [0.25, 0.3) is 5.91 Å². The van der Waals surface area contributed by atoms with Crippen LogP contribution >= 0.6 is 0 Å². The number of rotatable bonds is 3. The Labute approximate surface area is 142 Å². The topological polar surface area (TPSA) is 42.0 Å². The predicted octanol–water partition coefficient (Wildman–Crippen LogP) is 4.66. The Hall–Kier alpha value is -2.68. The van der Waals surface area contributed by atoms with E-state index in [1.54, 1.807) is 0 Å². The summed E-state index contributed by atoms with van der Waals surface area (Å²) in [5, 5.41) is 3.91. The molecule has 3 heteroatoms. The Morgan fingerprint density at radius 1 is 1.00 bits per heavy atom. The van der Waals surface area contributed by atoms with Crippen molar-refractivity contribution in [3.05, 3.63) is 65.2 Å². The van der Waals surface area contributed by atoms with E-state index < -0.39 is 0 Å². The highest BCUT2D eigenvalue weighted by molar-refractivity contribution is 6.09. The molecule has 1 aromatic heterocycles. The van der Waals surface area contributed by atoms with Crippen molar-refractivity contribution in [2.24, 2.45) is 0 Å². The summed E-state index contributed by atoms with van der Waals surface area (Å²) < 4.78 is 0. The minimum Gasteiger partial charge on any atom is -0.350 e. The lowest BCUT2D eigenvalue weighted by Gasteiger charge is -2.16. The van der Waals surface area contributed by atoms with Gasteiger partial charge in [-0.05, 0) is 39.3 Å². The number of hydrogen-bond acceptors (Lipinski definition) is 2. The number of carbonyl (C=O) groups excluding carboxylic acids is 1. The number of carbonyl (C=O) groups is 1. The van der Waals surface area contributed by atoms with Crippen molar-refractivity contribution in [2.45, 2.75) is 33.7 Å². The average molecular weight is 318 g/mol. The smallest absolute Gasteiger partial charge is 0.252 e. The van der Waals surface area contributed by atoms with Gasteiger partial charge >= 0.3 is 0 Å². The van der Waals surface area contributed by atoms with Gasteiger partial charge in [-0.2, -0.15) is 0 Å². The van der Waals surface area contributed by atoms with Crippen molar-refractivity contribution in [1.29, 1.82) is 0 Å². The van der Waals surface area contributed by atoms with Crippen LogP contribution in [0.5, 0.6) is 0 Å². The number of amides is 1. The number of aromatic nitrogens is 1. The molecule has 2 aromatic carbocycles. The lowest BCUT2D eigenvalue weighted by Crippen LogP contribution is -2.31. The SMILES string of the molecule is Cc1ccc(-c2nc3ccccc3c(C(=O)NC(C)C)c2C)cc1. The van der Waals surface area contributed by atoms with Crippen LogP contribution in [0.15, 0.2) is 48.5 Å². The summed E-state index contributed by atoms with van der Waals surface area (Å²) in [6.45, 7) is 7.98. The van der Waals surface area contributed by atoms with Crippen molar-refractivity contribution in [1.82, 2.24) is 10.3 Å². The molecule has 0 aliphatic carbocycles. The summed E-state index contributed by atoms with van der Waals surface area (Å²) in [4.78, 5) is 17.6. The summed E-state index contributed by atoms with van der Waals surface area (Å²) in [7, 11) is 0. The maximum Gasteiger partial charge on any atom is 0.252 e. The van der Waals surface area contributed by atoms with Gasteiger partial charge in [0.2, 0.25) is 0 Å². The van der Waals surface area contributed by atoms with Crippen LogP contribution in [-0.4, -0.2) is 16.9 Å². The molecule has 0 bridgehead atoms. The molecule has 3 rings (SSSR count). The zero-order valence-electron chi connectivity index (χ0n) is 14.6. The third kappa shape index (κ3) is 3.02. The molecule has 0 unspecified atom stereocenters. The summed E-state index contributed by atoms with van der Waals surface area (Å²) in [5.41, 5.74) is 5.56. The number of aryl methyl sites for hydroxylation is 1. The second kappa shape index (κ2) is 6.44. The highest BCUT2D eigenvalue weighted by atomic mass is 16.1. The minimum absolute atomic E-state index is 0.0468. The molecule has 1 heterocycles. The van der Waals surface area contributed by atoms with Crippen LogP contribution < -0.4 is 5.32 Å². The van der Waals surface area contributed by atoms with Crippen molar-refractivity contribution in [2.75, 3.05) is 0 Å². The van der Waals surface area contributed by atoms with E-state index in [0.29, 0.717) is 5.56 Å². The van der Waals surface area contributed by atoms with Crippen LogP contribution in [0.25, 0.3) is 22.2 Å². The molecule has 1 amide bonds. The number of pyridine rings is 1. The third-order valence-corrected chi connectivity index (χ3v) is 4.11. The molecule has 0 atom stereocenters. The first-order valence-corrected chi connectivity index (χ1v) is 8.24. The van der Waals surface area contributed by atoms with Gasteiger partial charge in [-0.1, -0.05) is 48.0 Å². The van der Waals surface area contributed by atoms with E-state index in [1.807, 2.05) is 45.0 Å². The van der Waals surface area contributed by atoms with Crippen molar-refractivity contribution >= 4 is 16.8 Å². The zero-order chi connectivity index (χ0) is 17.3. The summed E-state index contributed by atoms with van der Waals surface area (Å²) in [6.07, 6.45) is 0. The van der Waals surface area contributed by atoms with Gasteiger partial charge in [0.05, 0.1) is 16.8 Å². The monoisotopic (exact) mass is 318 g/mol. The van der Waals surface area contributed by atoms with Crippen molar-refractivity contribution in [3.63, 3.8) is 0 Å². The van der Waals surface area contributed by atoms with Crippen LogP contribution in [-0.2, 0) is 0 Å². The first-order valence-electron chi connectivity index (χ1n) is 8.24. The van der Waals surface area contributed by atoms with E-state index >= 15 is 0 Å². The Morgan fingerprint density at radius 2 is 1.67 bits per heavy atom. The predicted molar refractivity (Wildman–Crippen MR) is 99.3 cm³/mol. The lowest BCUT2D eigenvalue weighted by molar-refractivity contribution is 0.0944. The molecule has 0 fully saturated rings. The molecule has 0 saturated carbocycles. The Kier molecular flexibility index (Phi) is 4.34. The maximum atomic E-state index is 12.8. The number of fused-ring (bicyclic) bond motifs is 1. The first-order chi connectivity index (χ1) is 11.5. The van der Waals surface area contributed by atoms with Crippen molar-refractivity contribution < 1.29 is 4.79 Å². The molecule has 122 valence electrons. The highest BCUT2D eigenvalue weighted by Crippen LogP contribution is 2.29. The van der Waals surface area contributed by atoms with Gasteiger partial charge in [-0.25, -0.2) is 4.98 Å². The number of nitrogens with zero attached hydrogens (tertiary/aromatic N) is 1. The molecule has 3 nitrogen and oxygen atoms in total. The van der Waals surface area contributed by atoms with E-state index in [1.165, 1.54) is 5.56 Å². The average Bonchev–Trinajstić information content (AvgIpc) is 2.54. The molecule has 3 aromatic rings. The molecule has 0 radical (unpaired) electrons. The number of hydrogen-bond donors (Lipinski definition) is 1. The van der Waals surface area contributed by atoms with Gasteiger partial charge in [-0.3, -0.25) is 4.79 Å². The van der Waals surface area contributed by atoms with Crippen LogP contribution in [0.4, 0.5) is 0 Å². The number of para-hydroxylation sites is 1. The molecule has 1 N–H and O–H groups in total. The maximum absolute atomic E-state index is 12.8. The van der Waals surface area contributed by atoms with E-state index in [9.17, 15) is 4.79 Å². The normalized spacial score (nSPS) is 11.0. The highest BCUT2D eigenvalue weighted by Gasteiger charge is 2.19. The fourth-order valence-corrected chi connectivity index (χ4v) is 2.93. The van der Waals surface area contributed by atoms with Gasteiger partial charge < -0.3 is 5.32 Å². The van der Waals surface area contributed by atoms with E-state index in [0.717, 1.165) is 27.7 Å². The Morgan fingerprint density at radius 3 is 2.33 bits per heavy atom. The van der Waals surface area contributed by atoms with Crippen LogP contribution in [0, 0.1) is 13.8 Å². The summed E-state index contributed by atoms with van der Waals surface area (Å²) >= 11 is 0. The molecule has 0 spiro atoms. The zero-order valence-corrected chi connectivity index (χ0v) is 14.6. The van der Waals surface area contributed by atoms with E-state index in [-0.39, 0.29) is 11.9 Å².